The highest BCUT2D eigenvalue weighted by Crippen LogP contribution is 2.31. The van der Waals surface area contributed by atoms with Crippen LogP contribution < -0.4 is 10.6 Å². The van der Waals surface area contributed by atoms with Crippen molar-refractivity contribution in [3.05, 3.63) is 0 Å². The summed E-state index contributed by atoms with van der Waals surface area (Å²) in [6.45, 7) is 0.776. The van der Waals surface area contributed by atoms with Crippen LogP contribution in [0, 0.1) is 0 Å². The van der Waals surface area contributed by atoms with Gasteiger partial charge in [0, 0.05) is 18.1 Å². The summed E-state index contributed by atoms with van der Waals surface area (Å²) in [7, 11) is 4.26. The minimum Gasteiger partial charge on any atom is -0.336 e. The third kappa shape index (κ3) is 3.35. The van der Waals surface area contributed by atoms with Crippen molar-refractivity contribution >= 4 is 6.03 Å². The molecule has 0 aromatic rings. The molecule has 2 N–H and O–H groups in total. The summed E-state index contributed by atoms with van der Waals surface area (Å²) < 4.78 is 0. The van der Waals surface area contributed by atoms with Gasteiger partial charge in [0.2, 0.25) is 0 Å². The van der Waals surface area contributed by atoms with E-state index in [1.165, 1.54) is 32.1 Å². The predicted molar refractivity (Wildman–Crippen MR) is 69.1 cm³/mol. The Balaban J connectivity index is 1.81. The second kappa shape index (κ2) is 5.25. The van der Waals surface area contributed by atoms with Gasteiger partial charge in [-0.2, -0.15) is 0 Å². The van der Waals surface area contributed by atoms with Gasteiger partial charge in [0.1, 0.15) is 0 Å². The van der Waals surface area contributed by atoms with Crippen molar-refractivity contribution in [1.82, 2.24) is 15.5 Å². The van der Waals surface area contributed by atoms with Crippen LogP contribution in [0.2, 0.25) is 0 Å². The Labute approximate surface area is 104 Å². The van der Waals surface area contributed by atoms with E-state index in [1.54, 1.807) is 0 Å². The normalized spacial score (nSPS) is 23.5. The van der Waals surface area contributed by atoms with E-state index in [1.807, 2.05) is 0 Å². The molecule has 2 amide bonds. The van der Waals surface area contributed by atoms with Gasteiger partial charge in [-0.25, -0.2) is 4.79 Å². The molecular weight excluding hydrogens is 214 g/mol. The van der Waals surface area contributed by atoms with Crippen LogP contribution in [0.15, 0.2) is 0 Å². The van der Waals surface area contributed by atoms with Gasteiger partial charge < -0.3 is 15.5 Å². The highest BCUT2D eigenvalue weighted by molar-refractivity contribution is 5.74. The lowest BCUT2D eigenvalue weighted by atomic mass is 9.80. The van der Waals surface area contributed by atoms with E-state index in [4.69, 9.17) is 0 Å². The fourth-order valence-electron chi connectivity index (χ4n) is 2.70. The van der Waals surface area contributed by atoms with Crippen molar-refractivity contribution in [2.24, 2.45) is 0 Å². The average Bonchev–Trinajstić information content (AvgIpc) is 3.11. The lowest BCUT2D eigenvalue weighted by molar-refractivity contribution is 0.101. The minimum atomic E-state index is 0.0132. The molecule has 2 fully saturated rings. The molecule has 0 spiro atoms. The van der Waals surface area contributed by atoms with Crippen LogP contribution in [0.1, 0.15) is 44.9 Å². The van der Waals surface area contributed by atoms with Crippen LogP contribution in [0.5, 0.6) is 0 Å². The zero-order chi connectivity index (χ0) is 12.3. The summed E-state index contributed by atoms with van der Waals surface area (Å²) in [6.07, 6.45) is 8.59. The van der Waals surface area contributed by atoms with Crippen LogP contribution in [0.3, 0.4) is 0 Å². The number of carbonyl (C=O) groups is 1. The predicted octanol–water partition coefficient (Wildman–Crippen LogP) is 1.71. The van der Waals surface area contributed by atoms with Gasteiger partial charge in [0.15, 0.2) is 0 Å². The van der Waals surface area contributed by atoms with Crippen molar-refractivity contribution in [3.63, 3.8) is 0 Å². The number of hydrogen-bond acceptors (Lipinski definition) is 2. The number of amides is 2. The van der Waals surface area contributed by atoms with E-state index < -0.39 is 0 Å². The zero-order valence-corrected chi connectivity index (χ0v) is 11.1. The summed E-state index contributed by atoms with van der Waals surface area (Å²) in [5, 5.41) is 6.04. The topological polar surface area (TPSA) is 44.4 Å². The first-order valence-corrected chi connectivity index (χ1v) is 6.84. The van der Waals surface area contributed by atoms with Crippen molar-refractivity contribution in [1.29, 1.82) is 0 Å². The highest BCUT2D eigenvalue weighted by Gasteiger charge is 2.34. The molecule has 0 atom stereocenters. The molecule has 0 bridgehead atoms. The average molecular weight is 239 g/mol. The smallest absolute Gasteiger partial charge is 0.315 e. The monoisotopic (exact) mass is 239 g/mol. The van der Waals surface area contributed by atoms with E-state index in [-0.39, 0.29) is 11.6 Å². The summed E-state index contributed by atoms with van der Waals surface area (Å²) in [5.41, 5.74) is 0.180. The SMILES string of the molecule is CN(C)C1(CNC(=O)NC2CC2)CCCCC1. The molecule has 4 nitrogen and oxygen atoms in total. The largest absolute Gasteiger partial charge is 0.336 e. The van der Waals surface area contributed by atoms with E-state index in [0.717, 1.165) is 19.4 Å². The molecule has 0 radical (unpaired) electrons. The van der Waals surface area contributed by atoms with E-state index in [9.17, 15) is 4.79 Å². The maximum atomic E-state index is 11.7. The molecule has 0 heterocycles. The minimum absolute atomic E-state index is 0.0132. The Morgan fingerprint density at radius 1 is 1.24 bits per heavy atom. The number of likely N-dealkylation sites (N-methyl/N-ethyl adjacent to an activating group) is 1. The van der Waals surface area contributed by atoms with E-state index >= 15 is 0 Å². The number of carbonyl (C=O) groups excluding carboxylic acids is 1. The Bertz CT molecular complexity index is 268. The molecule has 17 heavy (non-hydrogen) atoms. The second-order valence-electron chi connectivity index (χ2n) is 5.78. The Morgan fingerprint density at radius 3 is 2.41 bits per heavy atom. The molecule has 2 saturated carbocycles. The summed E-state index contributed by atoms with van der Waals surface area (Å²) >= 11 is 0. The fourth-order valence-corrected chi connectivity index (χ4v) is 2.70. The molecule has 0 aliphatic heterocycles. The first kappa shape index (κ1) is 12.7. The summed E-state index contributed by atoms with van der Waals surface area (Å²) in [5.74, 6) is 0. The van der Waals surface area contributed by atoms with Crippen LogP contribution in [0.25, 0.3) is 0 Å². The molecule has 2 aliphatic rings. The number of nitrogens with one attached hydrogen (secondary N) is 2. The third-order valence-corrected chi connectivity index (χ3v) is 4.22. The molecule has 0 aromatic carbocycles. The van der Waals surface area contributed by atoms with Crippen LogP contribution in [-0.2, 0) is 0 Å². The van der Waals surface area contributed by atoms with Gasteiger partial charge in [-0.1, -0.05) is 19.3 Å². The van der Waals surface area contributed by atoms with Crippen molar-refractivity contribution in [2.45, 2.75) is 56.5 Å². The maximum absolute atomic E-state index is 11.7. The summed E-state index contributed by atoms with van der Waals surface area (Å²) in [6, 6.07) is 0.455. The molecule has 2 rings (SSSR count). The van der Waals surface area contributed by atoms with Gasteiger partial charge in [-0.15, -0.1) is 0 Å². The van der Waals surface area contributed by atoms with Crippen molar-refractivity contribution < 1.29 is 4.79 Å². The van der Waals surface area contributed by atoms with E-state index in [2.05, 4.69) is 29.6 Å². The Kier molecular flexibility index (Phi) is 3.92. The molecule has 0 aromatic heterocycles. The molecule has 0 saturated heterocycles. The van der Waals surface area contributed by atoms with Gasteiger partial charge in [0.25, 0.3) is 0 Å². The zero-order valence-electron chi connectivity index (χ0n) is 11.1. The number of hydrogen-bond donors (Lipinski definition) is 2. The molecule has 0 unspecified atom stereocenters. The lowest BCUT2D eigenvalue weighted by Crippen LogP contribution is -2.55. The standard InChI is InChI=1S/C13H25N3O/c1-16(2)13(8-4-3-5-9-13)10-14-12(17)15-11-6-7-11/h11H,3-10H2,1-2H3,(H2,14,15,17). The lowest BCUT2D eigenvalue weighted by Gasteiger charge is -2.43. The molecular formula is C13H25N3O. The molecule has 98 valence electrons. The molecule has 4 heteroatoms. The third-order valence-electron chi connectivity index (χ3n) is 4.22. The number of nitrogens with zero attached hydrogens (tertiary/aromatic N) is 1. The van der Waals surface area contributed by atoms with Crippen LogP contribution in [-0.4, -0.2) is 43.2 Å². The Morgan fingerprint density at radius 2 is 1.88 bits per heavy atom. The number of urea groups is 1. The Hall–Kier alpha value is -0.770. The van der Waals surface area contributed by atoms with E-state index in [0.29, 0.717) is 6.04 Å². The quantitative estimate of drug-likeness (QED) is 0.784. The first-order valence-electron chi connectivity index (χ1n) is 6.84. The second-order valence-corrected chi connectivity index (χ2v) is 5.78. The first-order chi connectivity index (χ1) is 8.12. The van der Waals surface area contributed by atoms with Gasteiger partial charge >= 0.3 is 6.03 Å². The maximum Gasteiger partial charge on any atom is 0.315 e. The fraction of sp³-hybridized carbons (Fsp3) is 0.923. The van der Waals surface area contributed by atoms with Gasteiger partial charge in [0.05, 0.1) is 0 Å². The van der Waals surface area contributed by atoms with Gasteiger partial charge in [-0.05, 0) is 39.8 Å². The van der Waals surface area contributed by atoms with Crippen LogP contribution >= 0.6 is 0 Å². The molecule has 2 aliphatic carbocycles. The van der Waals surface area contributed by atoms with Crippen molar-refractivity contribution in [3.8, 4) is 0 Å². The van der Waals surface area contributed by atoms with Crippen molar-refractivity contribution in [2.75, 3.05) is 20.6 Å². The summed E-state index contributed by atoms with van der Waals surface area (Å²) in [4.78, 5) is 14.0. The van der Waals surface area contributed by atoms with Crippen LogP contribution in [0.4, 0.5) is 4.79 Å². The number of rotatable bonds is 4. The highest BCUT2D eigenvalue weighted by atomic mass is 16.2. The van der Waals surface area contributed by atoms with Gasteiger partial charge in [-0.3, -0.25) is 0 Å².